The van der Waals surface area contributed by atoms with Gasteiger partial charge in [-0.3, -0.25) is 4.79 Å². The largest absolute Gasteiger partial charge is 0.493 e. The first-order chi connectivity index (χ1) is 12.7. The molecule has 2 aromatic carbocycles. The monoisotopic (exact) mass is 393 g/mol. The van der Waals surface area contributed by atoms with E-state index in [4.69, 9.17) is 14.2 Å². The first kappa shape index (κ1) is 20.6. The van der Waals surface area contributed by atoms with Crippen LogP contribution in [0.25, 0.3) is 0 Å². The Morgan fingerprint density at radius 3 is 2.07 bits per heavy atom. The number of anilines is 1. The molecule has 2 rings (SSSR count). The van der Waals surface area contributed by atoms with E-state index < -0.39 is 9.84 Å². The van der Waals surface area contributed by atoms with Crippen LogP contribution in [0.4, 0.5) is 5.69 Å². The van der Waals surface area contributed by atoms with Gasteiger partial charge in [0.2, 0.25) is 11.7 Å². The van der Waals surface area contributed by atoms with Crippen molar-refractivity contribution in [1.82, 2.24) is 0 Å². The number of rotatable bonds is 7. The minimum absolute atomic E-state index is 0.0548. The second kappa shape index (κ2) is 8.30. The van der Waals surface area contributed by atoms with E-state index in [1.165, 1.54) is 33.5 Å². The number of amides is 1. The number of methoxy groups -OCH3 is 3. The molecule has 2 aromatic rings. The average Bonchev–Trinajstić information content (AvgIpc) is 2.61. The zero-order chi connectivity index (χ0) is 20.2. The van der Waals surface area contributed by atoms with E-state index in [1.54, 1.807) is 25.1 Å². The molecule has 0 spiro atoms. The van der Waals surface area contributed by atoms with Crippen molar-refractivity contribution in [3.63, 3.8) is 0 Å². The summed E-state index contributed by atoms with van der Waals surface area (Å²) in [6.07, 6.45) is 1.18. The second-order valence-electron chi connectivity index (χ2n) is 6.01. The Hall–Kier alpha value is -2.74. The van der Waals surface area contributed by atoms with E-state index in [9.17, 15) is 13.2 Å². The molecule has 0 heterocycles. The number of hydrogen-bond donors (Lipinski definition) is 1. The number of ether oxygens (including phenoxy) is 3. The highest BCUT2D eigenvalue weighted by Crippen LogP contribution is 2.38. The summed E-state index contributed by atoms with van der Waals surface area (Å²) < 4.78 is 39.3. The van der Waals surface area contributed by atoms with Gasteiger partial charge in [-0.15, -0.1) is 0 Å². The first-order valence-electron chi connectivity index (χ1n) is 8.09. The lowest BCUT2D eigenvalue weighted by Gasteiger charge is -2.14. The normalized spacial score (nSPS) is 11.0. The molecule has 0 saturated heterocycles. The van der Waals surface area contributed by atoms with Crippen molar-refractivity contribution in [2.45, 2.75) is 18.2 Å². The Balaban J connectivity index is 2.26. The predicted molar refractivity (Wildman–Crippen MR) is 103 cm³/mol. The van der Waals surface area contributed by atoms with Gasteiger partial charge in [0.15, 0.2) is 21.3 Å². The van der Waals surface area contributed by atoms with Crippen molar-refractivity contribution in [2.75, 3.05) is 32.9 Å². The standard InChI is InChI=1S/C19H23NO6S/c1-12-6-7-14(27(5,22)23)11-15(12)20-18(21)10-13-8-16(24-2)19(26-4)17(9-13)25-3/h6-9,11H,10H2,1-5H3,(H,20,21). The molecular weight excluding hydrogens is 370 g/mol. The number of sulfone groups is 1. The van der Waals surface area contributed by atoms with Crippen LogP contribution in [-0.2, 0) is 21.1 Å². The molecule has 7 nitrogen and oxygen atoms in total. The van der Waals surface area contributed by atoms with Crippen LogP contribution < -0.4 is 19.5 Å². The van der Waals surface area contributed by atoms with Gasteiger partial charge >= 0.3 is 0 Å². The van der Waals surface area contributed by atoms with Gasteiger partial charge in [-0.05, 0) is 42.3 Å². The molecule has 1 N–H and O–H groups in total. The fourth-order valence-electron chi connectivity index (χ4n) is 2.58. The number of benzene rings is 2. The lowest BCUT2D eigenvalue weighted by molar-refractivity contribution is -0.115. The molecule has 0 saturated carbocycles. The maximum atomic E-state index is 12.5. The maximum absolute atomic E-state index is 12.5. The fourth-order valence-corrected chi connectivity index (χ4v) is 3.23. The summed E-state index contributed by atoms with van der Waals surface area (Å²) in [7, 11) is 1.15. The fraction of sp³-hybridized carbons (Fsp3) is 0.316. The quantitative estimate of drug-likeness (QED) is 0.778. The van der Waals surface area contributed by atoms with Crippen LogP contribution >= 0.6 is 0 Å². The number of carbonyl (C=O) groups excluding carboxylic acids is 1. The Labute approximate surface area is 159 Å². The third kappa shape index (κ3) is 4.91. The van der Waals surface area contributed by atoms with Gasteiger partial charge < -0.3 is 19.5 Å². The molecule has 146 valence electrons. The topological polar surface area (TPSA) is 90.9 Å². The maximum Gasteiger partial charge on any atom is 0.228 e. The second-order valence-corrected chi connectivity index (χ2v) is 8.02. The molecular formula is C19H23NO6S. The van der Waals surface area contributed by atoms with Gasteiger partial charge in [0.1, 0.15) is 0 Å². The summed E-state index contributed by atoms with van der Waals surface area (Å²) >= 11 is 0. The smallest absolute Gasteiger partial charge is 0.228 e. The van der Waals surface area contributed by atoms with Crippen LogP contribution in [0.1, 0.15) is 11.1 Å². The first-order valence-corrected chi connectivity index (χ1v) is 9.98. The van der Waals surface area contributed by atoms with Crippen molar-refractivity contribution >= 4 is 21.4 Å². The molecule has 27 heavy (non-hydrogen) atoms. The van der Waals surface area contributed by atoms with Gasteiger partial charge in [-0.1, -0.05) is 6.07 Å². The minimum atomic E-state index is -3.36. The summed E-state index contributed by atoms with van der Waals surface area (Å²) in [5.74, 6) is 1.06. The zero-order valence-electron chi connectivity index (χ0n) is 16.0. The van der Waals surface area contributed by atoms with Crippen LogP contribution in [-0.4, -0.2) is 41.9 Å². The molecule has 0 aliphatic carbocycles. The summed E-state index contributed by atoms with van der Waals surface area (Å²) in [6, 6.07) is 8.02. The number of hydrogen-bond acceptors (Lipinski definition) is 6. The van der Waals surface area contributed by atoms with E-state index in [-0.39, 0.29) is 17.2 Å². The molecule has 0 aliphatic heterocycles. The Kier molecular flexibility index (Phi) is 6.32. The molecule has 0 unspecified atom stereocenters. The molecule has 0 bridgehead atoms. The van der Waals surface area contributed by atoms with Crippen LogP contribution in [0.5, 0.6) is 17.2 Å². The van der Waals surface area contributed by atoms with E-state index >= 15 is 0 Å². The highest BCUT2D eigenvalue weighted by atomic mass is 32.2. The van der Waals surface area contributed by atoms with Crippen LogP contribution in [0.3, 0.4) is 0 Å². The molecule has 0 fully saturated rings. The molecule has 0 aliphatic rings. The van der Waals surface area contributed by atoms with E-state index in [0.29, 0.717) is 28.5 Å². The lowest BCUT2D eigenvalue weighted by Crippen LogP contribution is -2.16. The zero-order valence-corrected chi connectivity index (χ0v) is 16.8. The highest BCUT2D eigenvalue weighted by Gasteiger charge is 2.16. The average molecular weight is 393 g/mol. The highest BCUT2D eigenvalue weighted by molar-refractivity contribution is 7.90. The molecule has 1 amide bonds. The molecule has 8 heteroatoms. The van der Waals surface area contributed by atoms with Gasteiger partial charge in [-0.2, -0.15) is 0 Å². The van der Waals surface area contributed by atoms with Gasteiger partial charge in [0, 0.05) is 11.9 Å². The van der Waals surface area contributed by atoms with Crippen LogP contribution in [0.15, 0.2) is 35.2 Å². The van der Waals surface area contributed by atoms with E-state index in [1.807, 2.05) is 0 Å². The SMILES string of the molecule is COc1cc(CC(=O)Nc2cc(S(C)(=O)=O)ccc2C)cc(OC)c1OC. The lowest BCUT2D eigenvalue weighted by atomic mass is 10.1. The predicted octanol–water partition coefficient (Wildman–Crippen LogP) is 2.61. The number of nitrogens with one attached hydrogen (secondary N) is 1. The molecule has 0 radical (unpaired) electrons. The summed E-state index contributed by atoms with van der Waals surface area (Å²) in [4.78, 5) is 12.6. The van der Waals surface area contributed by atoms with Crippen molar-refractivity contribution in [2.24, 2.45) is 0 Å². The van der Waals surface area contributed by atoms with E-state index in [0.717, 1.165) is 11.8 Å². The van der Waals surface area contributed by atoms with Crippen molar-refractivity contribution in [3.05, 3.63) is 41.5 Å². The summed E-state index contributed by atoms with van der Waals surface area (Å²) in [5, 5.41) is 2.76. The van der Waals surface area contributed by atoms with Crippen LogP contribution in [0, 0.1) is 6.92 Å². The van der Waals surface area contributed by atoms with Gasteiger partial charge in [0.05, 0.1) is 32.6 Å². The Morgan fingerprint density at radius 1 is 1.00 bits per heavy atom. The van der Waals surface area contributed by atoms with Gasteiger partial charge in [-0.25, -0.2) is 8.42 Å². The van der Waals surface area contributed by atoms with Crippen molar-refractivity contribution < 1.29 is 27.4 Å². The molecule has 0 aromatic heterocycles. The van der Waals surface area contributed by atoms with Crippen LogP contribution in [0.2, 0.25) is 0 Å². The molecule has 0 atom stereocenters. The third-order valence-electron chi connectivity index (χ3n) is 4.00. The summed E-state index contributed by atoms with van der Waals surface area (Å²) in [5.41, 5.74) is 1.88. The summed E-state index contributed by atoms with van der Waals surface area (Å²) in [6.45, 7) is 1.79. The third-order valence-corrected chi connectivity index (χ3v) is 5.11. The Morgan fingerprint density at radius 2 is 1.59 bits per heavy atom. The Bertz CT molecular complexity index is 928. The number of carbonyl (C=O) groups is 1. The van der Waals surface area contributed by atoms with Gasteiger partial charge in [0.25, 0.3) is 0 Å². The van der Waals surface area contributed by atoms with Crippen molar-refractivity contribution in [3.8, 4) is 17.2 Å². The minimum Gasteiger partial charge on any atom is -0.493 e. The van der Waals surface area contributed by atoms with Crippen molar-refractivity contribution in [1.29, 1.82) is 0 Å². The van der Waals surface area contributed by atoms with E-state index in [2.05, 4.69) is 5.32 Å². The number of aryl methyl sites for hydroxylation is 1.